The van der Waals surface area contributed by atoms with Gasteiger partial charge in [-0.3, -0.25) is 9.59 Å². The first kappa shape index (κ1) is 17.4. The van der Waals surface area contributed by atoms with Crippen LogP contribution in [0.25, 0.3) is 0 Å². The van der Waals surface area contributed by atoms with E-state index in [1.807, 2.05) is 24.3 Å². The number of carbonyl (C=O) groups is 2. The average Bonchev–Trinajstić information content (AvgIpc) is 3.29. The first-order valence-electron chi connectivity index (χ1n) is 8.76. The van der Waals surface area contributed by atoms with Crippen molar-refractivity contribution in [3.63, 3.8) is 0 Å². The number of nitrogens with zero attached hydrogens (tertiary/aromatic N) is 3. The van der Waals surface area contributed by atoms with Gasteiger partial charge in [0.1, 0.15) is 6.04 Å². The van der Waals surface area contributed by atoms with Crippen molar-refractivity contribution in [3.8, 4) is 6.07 Å². The molecule has 0 bridgehead atoms. The van der Waals surface area contributed by atoms with E-state index in [1.165, 1.54) is 0 Å². The normalized spacial score (nSPS) is 25.6. The van der Waals surface area contributed by atoms with Gasteiger partial charge in [0.2, 0.25) is 5.91 Å². The molecule has 2 saturated heterocycles. The highest BCUT2D eigenvalue weighted by Gasteiger charge is 2.37. The van der Waals surface area contributed by atoms with Gasteiger partial charge in [-0.05, 0) is 42.9 Å². The third kappa shape index (κ3) is 3.52. The van der Waals surface area contributed by atoms with Gasteiger partial charge in [0.25, 0.3) is 5.91 Å². The highest BCUT2D eigenvalue weighted by Crippen LogP contribution is 2.28. The predicted molar refractivity (Wildman–Crippen MR) is 94.0 cm³/mol. The summed E-state index contributed by atoms with van der Waals surface area (Å²) in [7, 11) is 3.47. The smallest absolute Gasteiger partial charge is 0.253 e. The molecule has 2 amide bonds. The van der Waals surface area contributed by atoms with Crippen molar-refractivity contribution in [3.05, 3.63) is 35.4 Å². The fraction of sp³-hybridized carbons (Fsp3) is 0.526. The van der Waals surface area contributed by atoms with Gasteiger partial charge in [0, 0.05) is 32.7 Å². The van der Waals surface area contributed by atoms with Gasteiger partial charge in [-0.25, -0.2) is 0 Å². The number of hydrogen-bond acceptors (Lipinski definition) is 4. The molecule has 2 heterocycles. The standard InChI is InChI=1S/C19H24N4O2/c1-22(2)18(24)14-7-5-13(6-8-14)15-10-17(21-12-15)19(25)23-9-3-4-16(23)11-20/h5-8,15-17,21H,3-4,9-10,12H2,1-2H3/t15-,16-,17-/m0/s1. The maximum Gasteiger partial charge on any atom is 0.253 e. The summed E-state index contributed by atoms with van der Waals surface area (Å²) < 4.78 is 0. The Morgan fingerprint density at radius 2 is 2.00 bits per heavy atom. The average molecular weight is 340 g/mol. The quantitative estimate of drug-likeness (QED) is 0.901. The van der Waals surface area contributed by atoms with E-state index < -0.39 is 0 Å². The van der Waals surface area contributed by atoms with Gasteiger partial charge in [0.05, 0.1) is 12.1 Å². The third-order valence-corrected chi connectivity index (χ3v) is 5.15. The first-order valence-corrected chi connectivity index (χ1v) is 8.76. The number of nitriles is 1. The molecule has 2 fully saturated rings. The number of likely N-dealkylation sites (tertiary alicyclic amines) is 1. The summed E-state index contributed by atoms with van der Waals surface area (Å²) in [5, 5.41) is 12.5. The summed E-state index contributed by atoms with van der Waals surface area (Å²) >= 11 is 0. The molecule has 2 aliphatic rings. The van der Waals surface area contributed by atoms with Crippen molar-refractivity contribution < 1.29 is 9.59 Å². The van der Waals surface area contributed by atoms with Crippen LogP contribution < -0.4 is 5.32 Å². The van der Waals surface area contributed by atoms with Gasteiger partial charge < -0.3 is 15.1 Å². The maximum absolute atomic E-state index is 12.7. The first-order chi connectivity index (χ1) is 12.0. The number of hydrogen-bond donors (Lipinski definition) is 1. The van der Waals surface area contributed by atoms with Crippen molar-refractivity contribution in [2.45, 2.75) is 37.3 Å². The van der Waals surface area contributed by atoms with E-state index in [0.717, 1.165) is 31.4 Å². The molecular weight excluding hydrogens is 316 g/mol. The van der Waals surface area contributed by atoms with Gasteiger partial charge in [-0.2, -0.15) is 5.26 Å². The Hall–Kier alpha value is -2.39. The highest BCUT2D eigenvalue weighted by molar-refractivity contribution is 5.93. The zero-order chi connectivity index (χ0) is 18.0. The lowest BCUT2D eigenvalue weighted by Gasteiger charge is -2.23. The summed E-state index contributed by atoms with van der Waals surface area (Å²) in [6.07, 6.45) is 2.41. The Labute approximate surface area is 148 Å². The number of rotatable bonds is 3. The molecule has 0 spiro atoms. The Balaban J connectivity index is 1.64. The molecule has 0 saturated carbocycles. The molecule has 0 radical (unpaired) electrons. The van der Waals surface area contributed by atoms with E-state index >= 15 is 0 Å². The summed E-state index contributed by atoms with van der Waals surface area (Å²) in [6, 6.07) is 9.38. The molecule has 25 heavy (non-hydrogen) atoms. The van der Waals surface area contributed by atoms with E-state index in [2.05, 4.69) is 11.4 Å². The van der Waals surface area contributed by atoms with Crippen LogP contribution in [0, 0.1) is 11.3 Å². The lowest BCUT2D eigenvalue weighted by Crippen LogP contribution is -2.45. The summed E-state index contributed by atoms with van der Waals surface area (Å²) in [6.45, 7) is 1.42. The van der Waals surface area contributed by atoms with Crippen LogP contribution in [0.2, 0.25) is 0 Å². The van der Waals surface area contributed by atoms with Crippen molar-refractivity contribution in [2.24, 2.45) is 0 Å². The fourth-order valence-electron chi connectivity index (χ4n) is 3.70. The van der Waals surface area contributed by atoms with E-state index in [9.17, 15) is 14.9 Å². The van der Waals surface area contributed by atoms with Gasteiger partial charge in [-0.1, -0.05) is 12.1 Å². The third-order valence-electron chi connectivity index (χ3n) is 5.15. The number of benzene rings is 1. The Morgan fingerprint density at radius 1 is 1.28 bits per heavy atom. The molecule has 2 aliphatic heterocycles. The number of carbonyl (C=O) groups excluding carboxylic acids is 2. The van der Waals surface area contributed by atoms with Crippen molar-refractivity contribution in [1.82, 2.24) is 15.1 Å². The molecular formula is C19H24N4O2. The lowest BCUT2D eigenvalue weighted by atomic mass is 9.95. The molecule has 1 N–H and O–H groups in total. The molecule has 0 aliphatic carbocycles. The second kappa shape index (κ2) is 7.24. The Morgan fingerprint density at radius 3 is 2.64 bits per heavy atom. The topological polar surface area (TPSA) is 76.4 Å². The molecule has 6 nitrogen and oxygen atoms in total. The van der Waals surface area contributed by atoms with Crippen molar-refractivity contribution in [2.75, 3.05) is 27.2 Å². The van der Waals surface area contributed by atoms with Crippen LogP contribution in [0.3, 0.4) is 0 Å². The van der Waals surface area contributed by atoms with Crippen molar-refractivity contribution in [1.29, 1.82) is 5.26 Å². The Bertz CT molecular complexity index is 692. The summed E-state index contributed by atoms with van der Waals surface area (Å²) in [4.78, 5) is 27.9. The second-order valence-electron chi connectivity index (χ2n) is 7.03. The van der Waals surface area contributed by atoms with Crippen LogP contribution in [-0.4, -0.2) is 60.9 Å². The van der Waals surface area contributed by atoms with Crippen molar-refractivity contribution >= 4 is 11.8 Å². The molecule has 1 aromatic rings. The maximum atomic E-state index is 12.7. The van der Waals surface area contributed by atoms with Gasteiger partial charge in [-0.15, -0.1) is 0 Å². The molecule has 3 atom stereocenters. The van der Waals surface area contributed by atoms with Crippen LogP contribution in [0.5, 0.6) is 0 Å². The van der Waals surface area contributed by atoms with Crippen LogP contribution in [-0.2, 0) is 4.79 Å². The van der Waals surface area contributed by atoms with E-state index in [-0.39, 0.29) is 29.8 Å². The van der Waals surface area contributed by atoms with Crippen LogP contribution in [0.1, 0.15) is 41.1 Å². The minimum atomic E-state index is -0.273. The minimum Gasteiger partial charge on any atom is -0.345 e. The van der Waals surface area contributed by atoms with Gasteiger partial charge in [0.15, 0.2) is 0 Å². The zero-order valence-corrected chi connectivity index (χ0v) is 14.7. The van der Waals surface area contributed by atoms with E-state index in [0.29, 0.717) is 12.1 Å². The number of amides is 2. The molecule has 0 unspecified atom stereocenters. The molecule has 0 aromatic heterocycles. The predicted octanol–water partition coefficient (Wildman–Crippen LogP) is 1.35. The molecule has 3 rings (SSSR count). The van der Waals surface area contributed by atoms with Gasteiger partial charge >= 0.3 is 0 Å². The molecule has 6 heteroatoms. The van der Waals surface area contributed by atoms with Crippen LogP contribution >= 0.6 is 0 Å². The van der Waals surface area contributed by atoms with E-state index in [1.54, 1.807) is 23.9 Å². The molecule has 1 aromatic carbocycles. The largest absolute Gasteiger partial charge is 0.345 e. The van der Waals surface area contributed by atoms with Crippen LogP contribution in [0.4, 0.5) is 0 Å². The summed E-state index contributed by atoms with van der Waals surface area (Å²) in [5.74, 6) is 0.285. The monoisotopic (exact) mass is 340 g/mol. The SMILES string of the molecule is CN(C)C(=O)c1ccc([C@@H]2CN[C@H](C(=O)N3CCC[C@H]3C#N)C2)cc1. The summed E-state index contributed by atoms with van der Waals surface area (Å²) in [5.41, 5.74) is 1.80. The van der Waals surface area contributed by atoms with Crippen LogP contribution in [0.15, 0.2) is 24.3 Å². The molecule has 132 valence electrons. The lowest BCUT2D eigenvalue weighted by molar-refractivity contribution is -0.133. The highest BCUT2D eigenvalue weighted by atomic mass is 16.2. The van der Waals surface area contributed by atoms with E-state index in [4.69, 9.17) is 0 Å². The fourth-order valence-corrected chi connectivity index (χ4v) is 3.70. The second-order valence-corrected chi connectivity index (χ2v) is 7.03. The number of nitrogens with one attached hydrogen (secondary N) is 1. The zero-order valence-electron chi connectivity index (χ0n) is 14.7. The minimum absolute atomic E-state index is 0.0132. The Kier molecular flexibility index (Phi) is 5.05.